The molecular weight excluding hydrogens is 294 g/mol. The molecule has 0 spiro atoms. The van der Waals surface area contributed by atoms with Crippen molar-refractivity contribution in [1.29, 1.82) is 0 Å². The van der Waals surface area contributed by atoms with E-state index in [2.05, 4.69) is 14.5 Å². The van der Waals surface area contributed by atoms with E-state index in [1.807, 2.05) is 37.7 Å². The normalized spacial score (nSPS) is 18.6. The van der Waals surface area contributed by atoms with Crippen molar-refractivity contribution in [3.8, 4) is 0 Å². The first-order valence-electron chi connectivity index (χ1n) is 7.99. The highest BCUT2D eigenvalue weighted by molar-refractivity contribution is 7.12. The predicted octanol–water partition coefficient (Wildman–Crippen LogP) is 3.65. The maximum absolute atomic E-state index is 12.8. The highest BCUT2D eigenvalue weighted by atomic mass is 32.1. The van der Waals surface area contributed by atoms with Gasteiger partial charge in [0.1, 0.15) is 5.82 Å². The van der Waals surface area contributed by atoms with Crippen LogP contribution in [0.2, 0.25) is 0 Å². The highest BCUT2D eigenvalue weighted by Crippen LogP contribution is 2.26. The molecule has 1 atom stereocenters. The lowest BCUT2D eigenvalue weighted by Crippen LogP contribution is -2.44. The number of carbonyl (C=O) groups excluding carboxylic acids is 1. The Labute approximate surface area is 135 Å². The van der Waals surface area contributed by atoms with E-state index in [0.29, 0.717) is 6.04 Å². The van der Waals surface area contributed by atoms with Crippen LogP contribution in [0, 0.1) is 13.8 Å². The Morgan fingerprint density at radius 2 is 2.27 bits per heavy atom. The molecule has 5 heteroatoms. The number of likely N-dealkylation sites (tertiary alicyclic amines) is 1. The van der Waals surface area contributed by atoms with Gasteiger partial charge >= 0.3 is 0 Å². The fourth-order valence-corrected chi connectivity index (χ4v) is 4.10. The molecule has 0 N–H and O–H groups in total. The lowest BCUT2D eigenvalue weighted by molar-refractivity contribution is 0.0599. The molecule has 4 nitrogen and oxygen atoms in total. The number of hydrogen-bond acceptors (Lipinski definition) is 3. The van der Waals surface area contributed by atoms with Crippen LogP contribution in [-0.2, 0) is 6.54 Å². The molecule has 0 bridgehead atoms. The number of hydrogen-bond donors (Lipinski definition) is 0. The Bertz CT molecular complexity index is 646. The number of piperidine rings is 1. The maximum atomic E-state index is 12.8. The van der Waals surface area contributed by atoms with Crippen LogP contribution in [0.25, 0.3) is 0 Å². The first-order chi connectivity index (χ1) is 10.7. The van der Waals surface area contributed by atoms with E-state index in [-0.39, 0.29) is 5.91 Å². The molecule has 3 heterocycles. The van der Waals surface area contributed by atoms with Gasteiger partial charge in [-0.25, -0.2) is 4.98 Å². The minimum atomic E-state index is 0.222. The van der Waals surface area contributed by atoms with E-state index in [9.17, 15) is 4.79 Å². The molecule has 22 heavy (non-hydrogen) atoms. The second-order valence-electron chi connectivity index (χ2n) is 6.04. The Kier molecular flexibility index (Phi) is 4.62. The van der Waals surface area contributed by atoms with E-state index >= 15 is 0 Å². The molecule has 1 aliphatic heterocycles. The molecule has 118 valence electrons. The van der Waals surface area contributed by atoms with Gasteiger partial charge < -0.3 is 9.47 Å². The molecule has 1 saturated heterocycles. The number of thiophene rings is 1. The fourth-order valence-electron chi connectivity index (χ4n) is 3.22. The second kappa shape index (κ2) is 6.65. The minimum Gasteiger partial charge on any atom is -0.335 e. The second-order valence-corrected chi connectivity index (χ2v) is 6.95. The van der Waals surface area contributed by atoms with E-state index in [0.717, 1.165) is 48.6 Å². The van der Waals surface area contributed by atoms with E-state index in [1.54, 1.807) is 11.3 Å². The van der Waals surface area contributed by atoms with Gasteiger partial charge in [0.15, 0.2) is 0 Å². The molecule has 0 aliphatic carbocycles. The smallest absolute Gasteiger partial charge is 0.264 e. The van der Waals surface area contributed by atoms with Gasteiger partial charge in [0.05, 0.1) is 4.88 Å². The number of amides is 1. The predicted molar refractivity (Wildman–Crippen MR) is 89.3 cm³/mol. The molecule has 1 amide bonds. The van der Waals surface area contributed by atoms with Gasteiger partial charge in [0.25, 0.3) is 5.91 Å². The summed E-state index contributed by atoms with van der Waals surface area (Å²) < 4.78 is 2.17. The summed E-state index contributed by atoms with van der Waals surface area (Å²) in [5, 5.41) is 2.01. The van der Waals surface area contributed by atoms with Crippen molar-refractivity contribution in [1.82, 2.24) is 14.5 Å². The number of carbonyl (C=O) groups is 1. The van der Waals surface area contributed by atoms with Crippen molar-refractivity contribution in [2.45, 2.75) is 52.1 Å². The molecular formula is C17H23N3OS. The van der Waals surface area contributed by atoms with E-state index in [4.69, 9.17) is 0 Å². The summed E-state index contributed by atoms with van der Waals surface area (Å²) in [6, 6.07) is 2.38. The van der Waals surface area contributed by atoms with Crippen LogP contribution < -0.4 is 0 Å². The van der Waals surface area contributed by atoms with Crippen LogP contribution >= 0.6 is 11.3 Å². The first kappa shape index (κ1) is 15.3. The van der Waals surface area contributed by atoms with Gasteiger partial charge in [-0.15, -0.1) is 11.3 Å². The molecule has 1 fully saturated rings. The molecule has 0 saturated carbocycles. The minimum absolute atomic E-state index is 0.222. The highest BCUT2D eigenvalue weighted by Gasteiger charge is 2.28. The van der Waals surface area contributed by atoms with Gasteiger partial charge in [0.2, 0.25) is 0 Å². The molecule has 2 aromatic rings. The molecule has 0 radical (unpaired) electrons. The van der Waals surface area contributed by atoms with Gasteiger partial charge in [-0.3, -0.25) is 4.79 Å². The molecule has 2 aromatic heterocycles. The van der Waals surface area contributed by atoms with Crippen molar-refractivity contribution < 1.29 is 4.79 Å². The number of nitrogens with zero attached hydrogens (tertiary/aromatic N) is 3. The summed E-state index contributed by atoms with van der Waals surface area (Å²) in [5.41, 5.74) is 1.10. The zero-order valence-corrected chi connectivity index (χ0v) is 14.1. The number of imidazole rings is 1. The number of rotatable bonds is 4. The first-order valence-corrected chi connectivity index (χ1v) is 8.87. The van der Waals surface area contributed by atoms with Crippen molar-refractivity contribution >= 4 is 17.2 Å². The summed E-state index contributed by atoms with van der Waals surface area (Å²) in [7, 11) is 0. The van der Waals surface area contributed by atoms with Crippen LogP contribution in [0.4, 0.5) is 0 Å². The van der Waals surface area contributed by atoms with Crippen LogP contribution in [0.1, 0.15) is 46.7 Å². The van der Waals surface area contributed by atoms with Crippen LogP contribution in [0.15, 0.2) is 23.8 Å². The Morgan fingerprint density at radius 3 is 2.95 bits per heavy atom. The number of aryl methyl sites for hydroxylation is 3. The molecule has 0 aromatic carbocycles. The summed E-state index contributed by atoms with van der Waals surface area (Å²) in [4.78, 5) is 20.1. The van der Waals surface area contributed by atoms with Gasteiger partial charge in [0, 0.05) is 31.5 Å². The van der Waals surface area contributed by atoms with Crippen molar-refractivity contribution in [2.75, 3.05) is 6.54 Å². The molecule has 1 unspecified atom stereocenters. The zero-order chi connectivity index (χ0) is 15.5. The largest absolute Gasteiger partial charge is 0.335 e. The molecule has 1 aliphatic rings. The van der Waals surface area contributed by atoms with Crippen molar-refractivity contribution in [3.05, 3.63) is 40.1 Å². The van der Waals surface area contributed by atoms with Crippen LogP contribution in [0.3, 0.4) is 0 Å². The monoisotopic (exact) mass is 317 g/mol. The van der Waals surface area contributed by atoms with E-state index in [1.165, 1.54) is 6.42 Å². The Morgan fingerprint density at radius 1 is 1.41 bits per heavy atom. The lowest BCUT2D eigenvalue weighted by Gasteiger charge is -2.36. The molecule has 3 rings (SSSR count). The van der Waals surface area contributed by atoms with Gasteiger partial charge in [-0.1, -0.05) is 0 Å². The van der Waals surface area contributed by atoms with E-state index < -0.39 is 0 Å². The summed E-state index contributed by atoms with van der Waals surface area (Å²) in [6.07, 6.45) is 8.33. The van der Waals surface area contributed by atoms with Gasteiger partial charge in [-0.2, -0.15) is 0 Å². The summed E-state index contributed by atoms with van der Waals surface area (Å²) in [6.45, 7) is 5.88. The average molecular weight is 317 g/mol. The Hall–Kier alpha value is -1.62. The zero-order valence-electron chi connectivity index (χ0n) is 13.3. The van der Waals surface area contributed by atoms with Crippen molar-refractivity contribution in [3.63, 3.8) is 0 Å². The lowest BCUT2D eigenvalue weighted by atomic mass is 9.98. The third-order valence-electron chi connectivity index (χ3n) is 4.57. The average Bonchev–Trinajstić information content (AvgIpc) is 3.13. The quantitative estimate of drug-likeness (QED) is 0.863. The number of aromatic nitrogens is 2. The third kappa shape index (κ3) is 3.09. The summed E-state index contributed by atoms with van der Waals surface area (Å²) >= 11 is 1.57. The third-order valence-corrected chi connectivity index (χ3v) is 5.58. The van der Waals surface area contributed by atoms with Crippen LogP contribution in [0.5, 0.6) is 0 Å². The Balaban J connectivity index is 1.70. The standard InChI is InChI=1S/C17H23N3OS/c1-13-7-12-22-16(13)17(21)20-9-4-3-5-15(20)6-10-19-11-8-18-14(19)2/h7-8,11-12,15H,3-6,9-10H2,1-2H3. The SMILES string of the molecule is Cc1ccsc1C(=O)N1CCCCC1CCn1ccnc1C. The fraction of sp³-hybridized carbons (Fsp3) is 0.529. The summed E-state index contributed by atoms with van der Waals surface area (Å²) in [5.74, 6) is 1.27. The van der Waals surface area contributed by atoms with Crippen molar-refractivity contribution in [2.24, 2.45) is 0 Å². The van der Waals surface area contributed by atoms with Crippen LogP contribution in [-0.4, -0.2) is 32.9 Å². The van der Waals surface area contributed by atoms with Gasteiger partial charge in [-0.05, 0) is 56.5 Å². The maximum Gasteiger partial charge on any atom is 0.264 e. The topological polar surface area (TPSA) is 38.1 Å².